The number of amides is 4. The van der Waals surface area contributed by atoms with Crippen LogP contribution < -0.4 is 34.6 Å². The highest BCUT2D eigenvalue weighted by atomic mass is 33.1. The fraction of sp³-hybridized carbons (Fsp3) is 0.413. The molecule has 4 amide bonds. The van der Waals surface area contributed by atoms with E-state index in [4.69, 9.17) is 14.2 Å². The number of benzene rings is 5. The van der Waals surface area contributed by atoms with Crippen LogP contribution in [0.5, 0.6) is 17.2 Å². The van der Waals surface area contributed by atoms with Gasteiger partial charge in [0.25, 0.3) is 16.0 Å². The lowest BCUT2D eigenvalue weighted by Gasteiger charge is -2.24. The van der Waals surface area contributed by atoms with Gasteiger partial charge in [0.2, 0.25) is 17.7 Å². The fourth-order valence-corrected chi connectivity index (χ4v) is 14.9. The van der Waals surface area contributed by atoms with E-state index < -0.39 is 43.8 Å². The first-order valence-electron chi connectivity index (χ1n) is 28.0. The van der Waals surface area contributed by atoms with Gasteiger partial charge in [-0.3, -0.25) is 33.3 Å². The van der Waals surface area contributed by atoms with Crippen LogP contribution in [0.4, 0.5) is 22.7 Å². The molecule has 5 atom stereocenters. The summed E-state index contributed by atoms with van der Waals surface area (Å²) in [6.07, 6.45) is 6.72. The summed E-state index contributed by atoms with van der Waals surface area (Å²) in [5.41, 5.74) is 9.21. The number of nitrogens with zero attached hydrogens (tertiary/aromatic N) is 3. The van der Waals surface area contributed by atoms with Crippen molar-refractivity contribution >= 4 is 95.9 Å². The Labute approximate surface area is 493 Å². The van der Waals surface area contributed by atoms with Crippen molar-refractivity contribution in [2.24, 2.45) is 5.92 Å². The van der Waals surface area contributed by atoms with Gasteiger partial charge >= 0.3 is 0 Å². The Morgan fingerprint density at radius 2 is 1.48 bits per heavy atom. The van der Waals surface area contributed by atoms with Gasteiger partial charge in [-0.1, -0.05) is 77.9 Å². The van der Waals surface area contributed by atoms with E-state index in [9.17, 15) is 41.7 Å². The number of hydrogen-bond donors (Lipinski definition) is 3. The monoisotopic (exact) mass is 1190 g/mol. The van der Waals surface area contributed by atoms with E-state index in [1.54, 1.807) is 39.0 Å². The number of ketones is 2. The van der Waals surface area contributed by atoms with Crippen molar-refractivity contribution in [3.63, 3.8) is 0 Å². The topological polar surface area (TPSA) is 218 Å². The SMILES string of the molecule is CCC(=O)C(CCSSC(C)(C)CCC(=O)N[C@@H](C)C(=O)C[C@@H](C)C(=O)Nc1cc(COc2cc3c(cc2C)C(=O)N2c4ccccc4C[C@H]2[C-]=[N+]3C)cc(COc2cc3c(cc2OC)C(=O)N2c4ccccc4C[C@H]2CC3)c1)S(=O)(=O)O. The highest BCUT2D eigenvalue weighted by Gasteiger charge is 2.39. The number of hydrogen-bond acceptors (Lipinski definition) is 13. The summed E-state index contributed by atoms with van der Waals surface area (Å²) >= 11 is 0. The minimum atomic E-state index is -4.51. The number of fused-ring (bicyclic) bond motifs is 8. The summed E-state index contributed by atoms with van der Waals surface area (Å²) in [6, 6.07) is 27.7. The summed E-state index contributed by atoms with van der Waals surface area (Å²) in [5, 5.41) is 4.31. The highest BCUT2D eigenvalue weighted by molar-refractivity contribution is 8.77. The van der Waals surface area contributed by atoms with E-state index >= 15 is 0 Å². The van der Waals surface area contributed by atoms with E-state index in [2.05, 4.69) is 22.9 Å². The molecule has 4 heterocycles. The second-order valence-electron chi connectivity index (χ2n) is 22.5. The van der Waals surface area contributed by atoms with Crippen LogP contribution >= 0.6 is 21.6 Å². The van der Waals surface area contributed by atoms with Crippen LogP contribution in [0, 0.1) is 12.8 Å². The average Bonchev–Trinajstić information content (AvgIpc) is 2.83. The van der Waals surface area contributed by atoms with Crippen molar-refractivity contribution in [1.82, 2.24) is 5.32 Å². The number of para-hydroxylation sites is 2. The Morgan fingerprint density at radius 3 is 2.16 bits per heavy atom. The molecule has 17 nitrogen and oxygen atoms in total. The zero-order valence-corrected chi connectivity index (χ0v) is 50.5. The lowest BCUT2D eigenvalue weighted by Crippen LogP contribution is -2.40. The third-order valence-electron chi connectivity index (χ3n) is 15.8. The van der Waals surface area contributed by atoms with E-state index in [0.29, 0.717) is 75.9 Å². The standard InChI is InChI=1S/C63H71N5O12S3/c1-9-53(69)58(83(75,76)77)21-23-81-82-63(5,6)22-20-59(71)64-39(4)54(70)25-38(3)60(72)65-45-27-40(35-79-55-33-52-49(24-37(55)2)62(74)68-47(34-66(52)7)30-44-15-11-13-17-51(44)68)26-41(28-45)36-80-57-31-42-18-19-46-29-43-14-10-12-16-50(43)67(46)61(73)48(42)32-56(57)78-8/h10-17,24,26-28,31-33,38-39,46-47,58H,9,18-23,25,29-30,35-36H2,1-8H3,(H,64,71)(H,65,72)(H,75,76,77)/t38-,39+,46-,47+,58?/m1/s1. The number of ether oxygens (including phenoxy) is 3. The number of carbonyl (C=O) groups excluding carboxylic acids is 6. The second-order valence-corrected chi connectivity index (χ2v) is 27.2. The maximum absolute atomic E-state index is 14.2. The molecule has 0 aromatic heterocycles. The predicted molar refractivity (Wildman–Crippen MR) is 324 cm³/mol. The molecule has 4 aliphatic rings. The van der Waals surface area contributed by atoms with Crippen LogP contribution in [-0.2, 0) is 61.8 Å². The Bertz CT molecular complexity index is 3530. The molecule has 438 valence electrons. The van der Waals surface area contributed by atoms with Crippen LogP contribution in [0.2, 0.25) is 0 Å². The van der Waals surface area contributed by atoms with Crippen LogP contribution in [0.3, 0.4) is 0 Å². The zero-order valence-electron chi connectivity index (χ0n) is 48.0. The van der Waals surface area contributed by atoms with Gasteiger partial charge in [-0.2, -0.15) is 8.42 Å². The minimum absolute atomic E-state index is 0.00576. The smallest absolute Gasteiger partial charge is 0.275 e. The molecule has 20 heteroatoms. The van der Waals surface area contributed by atoms with Gasteiger partial charge in [-0.05, 0) is 148 Å². The van der Waals surface area contributed by atoms with Crippen molar-refractivity contribution in [3.8, 4) is 17.2 Å². The summed E-state index contributed by atoms with van der Waals surface area (Å²) in [4.78, 5) is 84.9. The number of nitrogens with one attached hydrogen (secondary N) is 2. The third-order valence-corrected chi connectivity index (χ3v) is 20.4. The lowest BCUT2D eigenvalue weighted by molar-refractivity contribution is -0.401. The van der Waals surface area contributed by atoms with Crippen molar-refractivity contribution < 1.29 is 60.5 Å². The molecule has 83 heavy (non-hydrogen) atoms. The van der Waals surface area contributed by atoms with Gasteiger partial charge in [0.1, 0.15) is 31.3 Å². The molecule has 4 aliphatic heterocycles. The summed E-state index contributed by atoms with van der Waals surface area (Å²) in [6.45, 7) is 10.6. The third kappa shape index (κ3) is 13.8. The van der Waals surface area contributed by atoms with Crippen LogP contribution in [0.15, 0.2) is 91.0 Å². The first-order valence-corrected chi connectivity index (χ1v) is 31.8. The van der Waals surface area contributed by atoms with Gasteiger partial charge in [0.15, 0.2) is 23.1 Å². The largest absolute Gasteiger partial charge is 0.493 e. The molecule has 9 rings (SSSR count). The summed E-state index contributed by atoms with van der Waals surface area (Å²) < 4.78 is 53.3. The Morgan fingerprint density at radius 1 is 0.831 bits per heavy atom. The second kappa shape index (κ2) is 25.5. The maximum atomic E-state index is 14.2. The Hall–Kier alpha value is -7.00. The Balaban J connectivity index is 0.876. The molecule has 0 saturated heterocycles. The molecule has 5 aromatic carbocycles. The minimum Gasteiger partial charge on any atom is -0.493 e. The van der Waals surface area contributed by atoms with Gasteiger partial charge in [-0.15, -0.1) is 0 Å². The van der Waals surface area contributed by atoms with Gasteiger partial charge < -0.3 is 39.2 Å². The normalized spacial score (nSPS) is 17.2. The number of methoxy groups -OCH3 is 1. The van der Waals surface area contributed by atoms with Gasteiger partial charge in [0, 0.05) is 82.2 Å². The molecule has 0 spiro atoms. The van der Waals surface area contributed by atoms with E-state index in [1.165, 1.54) is 28.7 Å². The molecule has 0 bridgehead atoms. The fourth-order valence-electron chi connectivity index (χ4n) is 11.2. The summed E-state index contributed by atoms with van der Waals surface area (Å²) in [7, 11) is 1.70. The lowest BCUT2D eigenvalue weighted by atomic mass is 9.99. The molecular formula is C63H71N5O12S3. The van der Waals surface area contributed by atoms with Crippen molar-refractivity contribution in [2.45, 2.75) is 141 Å². The molecular weight excluding hydrogens is 1110 g/mol. The van der Waals surface area contributed by atoms with Crippen LogP contribution in [0.1, 0.15) is 127 Å². The Kier molecular flexibility index (Phi) is 18.6. The zero-order chi connectivity index (χ0) is 59.5. The quantitative estimate of drug-likeness (QED) is 0.0172. The molecule has 0 saturated carbocycles. The van der Waals surface area contributed by atoms with Crippen molar-refractivity contribution in [3.05, 3.63) is 136 Å². The maximum Gasteiger partial charge on any atom is 0.275 e. The number of Topliss-reactive ketones (excluding diaryl/α,β-unsaturated/α-hetero) is 2. The van der Waals surface area contributed by atoms with Gasteiger partial charge in [0.05, 0.1) is 18.8 Å². The molecule has 0 radical (unpaired) electrons. The number of anilines is 3. The van der Waals surface area contributed by atoms with Crippen molar-refractivity contribution in [2.75, 3.05) is 35.0 Å². The first kappa shape index (κ1) is 60.6. The summed E-state index contributed by atoms with van der Waals surface area (Å²) in [5.74, 6) is -0.941. The first-order chi connectivity index (χ1) is 39.5. The van der Waals surface area contributed by atoms with E-state index in [1.807, 2.05) is 109 Å². The number of aryl methyl sites for hydroxylation is 2. The van der Waals surface area contributed by atoms with Gasteiger partial charge in [-0.25, -0.2) is 0 Å². The highest BCUT2D eigenvalue weighted by Crippen LogP contribution is 2.43. The molecule has 3 N–H and O–H groups in total. The average molecular weight is 1190 g/mol. The van der Waals surface area contributed by atoms with Crippen molar-refractivity contribution in [1.29, 1.82) is 0 Å². The van der Waals surface area contributed by atoms with Crippen LogP contribution in [0.25, 0.3) is 0 Å². The molecule has 1 unspecified atom stereocenters. The predicted octanol–water partition coefficient (Wildman–Crippen LogP) is 10.1. The number of rotatable bonds is 24. The van der Waals surface area contributed by atoms with Crippen LogP contribution in [-0.4, -0.2) is 107 Å². The molecule has 0 aliphatic carbocycles. The number of carbonyl (C=O) groups is 6. The molecule has 0 fully saturated rings. The van der Waals surface area contributed by atoms with E-state index in [-0.39, 0.29) is 74.5 Å². The molecule has 5 aromatic rings. The van der Waals surface area contributed by atoms with E-state index in [0.717, 1.165) is 46.5 Å².